The third kappa shape index (κ3) is 2.79. The number of carbonyl (C=O) groups excluding carboxylic acids is 1. The van der Waals surface area contributed by atoms with Gasteiger partial charge in [0.05, 0.1) is 6.10 Å². The van der Waals surface area contributed by atoms with E-state index in [1.807, 2.05) is 20.0 Å². The van der Waals surface area contributed by atoms with Crippen molar-refractivity contribution in [2.45, 2.75) is 32.3 Å². The molecule has 0 bridgehead atoms. The minimum absolute atomic E-state index is 0.133. The van der Waals surface area contributed by atoms with Crippen LogP contribution in [0.15, 0.2) is 18.3 Å². The summed E-state index contributed by atoms with van der Waals surface area (Å²) in [7, 11) is 2.04. The predicted octanol–water partition coefficient (Wildman–Crippen LogP) is 1.70. The Hall–Kier alpha value is -1.99. The minimum Gasteiger partial charge on any atom is -0.392 e. The van der Waals surface area contributed by atoms with E-state index in [0.29, 0.717) is 25.2 Å². The summed E-state index contributed by atoms with van der Waals surface area (Å²) in [6, 6.07) is 3.56. The van der Waals surface area contributed by atoms with Crippen molar-refractivity contribution in [3.05, 3.63) is 35.5 Å². The Bertz CT molecular complexity index is 851. The van der Waals surface area contributed by atoms with Gasteiger partial charge in [-0.3, -0.25) is 9.20 Å². The quantitative estimate of drug-likeness (QED) is 0.841. The molecule has 1 amide bonds. The molecule has 6 nitrogen and oxygen atoms in total. The summed E-state index contributed by atoms with van der Waals surface area (Å²) in [5.41, 5.74) is 0.873. The summed E-state index contributed by atoms with van der Waals surface area (Å²) in [4.78, 5) is 21.1. The monoisotopic (exact) mass is 360 g/mol. The first-order valence-corrected chi connectivity index (χ1v) is 9.20. The molecular weight excluding hydrogens is 335 g/mol. The Kier molecular flexibility index (Phi) is 4.23. The molecule has 4 rings (SSSR count). The normalized spacial score (nSPS) is 27.4. The number of aromatic nitrogens is 2. The molecule has 0 unspecified atom stereocenters. The SMILES string of the molecule is Cc1ccc2nc(C(=O)N3CCC[C@]4(CN(C)CC[C@@H]4O)C3)c(F)n2c1. The number of imidazole rings is 1. The number of amides is 1. The largest absolute Gasteiger partial charge is 0.392 e. The van der Waals surface area contributed by atoms with Gasteiger partial charge in [-0.2, -0.15) is 4.39 Å². The summed E-state index contributed by atoms with van der Waals surface area (Å²) in [5, 5.41) is 10.6. The number of piperidine rings is 2. The van der Waals surface area contributed by atoms with Gasteiger partial charge in [0.1, 0.15) is 5.65 Å². The highest BCUT2D eigenvalue weighted by Crippen LogP contribution is 2.38. The number of aliphatic hydroxyl groups excluding tert-OH is 1. The fraction of sp³-hybridized carbons (Fsp3) is 0.579. The van der Waals surface area contributed by atoms with Crippen LogP contribution >= 0.6 is 0 Å². The van der Waals surface area contributed by atoms with Crippen LogP contribution in [0.1, 0.15) is 35.3 Å². The Morgan fingerprint density at radius 1 is 1.35 bits per heavy atom. The highest BCUT2D eigenvalue weighted by Gasteiger charge is 2.46. The van der Waals surface area contributed by atoms with Gasteiger partial charge < -0.3 is 14.9 Å². The van der Waals surface area contributed by atoms with Crippen LogP contribution in [0.2, 0.25) is 0 Å². The van der Waals surface area contributed by atoms with E-state index in [1.54, 1.807) is 17.2 Å². The van der Waals surface area contributed by atoms with Crippen molar-refractivity contribution in [2.24, 2.45) is 5.41 Å². The highest BCUT2D eigenvalue weighted by atomic mass is 19.1. The fourth-order valence-electron chi connectivity index (χ4n) is 4.51. The van der Waals surface area contributed by atoms with Crippen molar-refractivity contribution in [1.29, 1.82) is 0 Å². The molecular formula is C19H25FN4O2. The van der Waals surface area contributed by atoms with Crippen LogP contribution in [0.3, 0.4) is 0 Å². The third-order valence-corrected chi connectivity index (χ3v) is 5.88. The number of aliphatic hydroxyl groups is 1. The van der Waals surface area contributed by atoms with E-state index < -0.39 is 12.1 Å². The Morgan fingerprint density at radius 3 is 2.96 bits per heavy atom. The van der Waals surface area contributed by atoms with E-state index in [-0.39, 0.29) is 17.0 Å². The summed E-state index contributed by atoms with van der Waals surface area (Å²) < 4.78 is 16.1. The van der Waals surface area contributed by atoms with E-state index in [1.165, 1.54) is 4.40 Å². The van der Waals surface area contributed by atoms with Crippen LogP contribution in [0.25, 0.3) is 5.65 Å². The summed E-state index contributed by atoms with van der Waals surface area (Å²) in [6.45, 7) is 4.50. The number of carbonyl (C=O) groups is 1. The zero-order valence-corrected chi connectivity index (χ0v) is 15.3. The molecule has 2 aromatic rings. The molecule has 0 saturated carbocycles. The van der Waals surface area contributed by atoms with Crippen LogP contribution < -0.4 is 0 Å². The van der Waals surface area contributed by atoms with Crippen LogP contribution in [-0.2, 0) is 0 Å². The zero-order chi connectivity index (χ0) is 18.5. The van der Waals surface area contributed by atoms with E-state index in [2.05, 4.69) is 9.88 Å². The Balaban J connectivity index is 1.63. The third-order valence-electron chi connectivity index (χ3n) is 5.88. The molecule has 0 aliphatic carbocycles. The van der Waals surface area contributed by atoms with E-state index in [9.17, 15) is 14.3 Å². The molecule has 4 heterocycles. The van der Waals surface area contributed by atoms with Crippen molar-refractivity contribution in [3.63, 3.8) is 0 Å². The fourth-order valence-corrected chi connectivity index (χ4v) is 4.51. The Labute approximate surface area is 152 Å². The first-order chi connectivity index (χ1) is 12.4. The van der Waals surface area contributed by atoms with Gasteiger partial charge in [0.2, 0.25) is 5.95 Å². The van der Waals surface area contributed by atoms with Crippen molar-refractivity contribution in [1.82, 2.24) is 19.2 Å². The lowest BCUT2D eigenvalue weighted by molar-refractivity contribution is -0.0732. The number of likely N-dealkylation sites (tertiary alicyclic amines) is 2. The molecule has 2 aliphatic heterocycles. The molecule has 140 valence electrons. The van der Waals surface area contributed by atoms with Crippen LogP contribution in [-0.4, -0.2) is 69.5 Å². The Morgan fingerprint density at radius 2 is 2.15 bits per heavy atom. The maximum atomic E-state index is 14.8. The van der Waals surface area contributed by atoms with Gasteiger partial charge in [0, 0.05) is 37.8 Å². The van der Waals surface area contributed by atoms with E-state index in [0.717, 1.165) is 31.5 Å². The smallest absolute Gasteiger partial charge is 0.277 e. The van der Waals surface area contributed by atoms with Crippen LogP contribution in [0.4, 0.5) is 4.39 Å². The topological polar surface area (TPSA) is 61.1 Å². The van der Waals surface area contributed by atoms with Crippen LogP contribution in [0.5, 0.6) is 0 Å². The first kappa shape index (κ1) is 17.4. The summed E-state index contributed by atoms with van der Waals surface area (Å²) in [5.74, 6) is -1.00. The van der Waals surface area contributed by atoms with Gasteiger partial charge in [-0.05, 0) is 44.9 Å². The number of fused-ring (bicyclic) bond motifs is 1. The number of hydrogen-bond donors (Lipinski definition) is 1. The second-order valence-electron chi connectivity index (χ2n) is 7.92. The predicted molar refractivity (Wildman–Crippen MR) is 95.6 cm³/mol. The average molecular weight is 360 g/mol. The second-order valence-corrected chi connectivity index (χ2v) is 7.92. The molecule has 7 heteroatoms. The average Bonchev–Trinajstić information content (AvgIpc) is 2.94. The lowest BCUT2D eigenvalue weighted by Crippen LogP contribution is -2.59. The molecule has 2 atom stereocenters. The van der Waals surface area contributed by atoms with E-state index in [4.69, 9.17) is 0 Å². The number of rotatable bonds is 1. The zero-order valence-electron chi connectivity index (χ0n) is 15.3. The highest BCUT2D eigenvalue weighted by molar-refractivity contribution is 5.93. The van der Waals surface area contributed by atoms with Crippen molar-refractivity contribution < 1.29 is 14.3 Å². The molecule has 26 heavy (non-hydrogen) atoms. The van der Waals surface area contributed by atoms with Gasteiger partial charge in [0.15, 0.2) is 5.69 Å². The lowest BCUT2D eigenvalue weighted by Gasteiger charge is -2.50. The van der Waals surface area contributed by atoms with Gasteiger partial charge in [-0.1, -0.05) is 6.07 Å². The maximum absolute atomic E-state index is 14.8. The number of nitrogens with zero attached hydrogens (tertiary/aromatic N) is 4. The molecule has 0 aromatic carbocycles. The van der Waals surface area contributed by atoms with Crippen LogP contribution in [0, 0.1) is 18.3 Å². The first-order valence-electron chi connectivity index (χ1n) is 9.20. The molecule has 1 N–H and O–H groups in total. The second kappa shape index (κ2) is 6.32. The number of halogens is 1. The number of hydrogen-bond acceptors (Lipinski definition) is 4. The van der Waals surface area contributed by atoms with Gasteiger partial charge in [0.25, 0.3) is 5.91 Å². The van der Waals surface area contributed by atoms with E-state index >= 15 is 0 Å². The maximum Gasteiger partial charge on any atom is 0.277 e. The number of aryl methyl sites for hydroxylation is 1. The van der Waals surface area contributed by atoms with Gasteiger partial charge in [-0.25, -0.2) is 4.98 Å². The molecule has 2 fully saturated rings. The van der Waals surface area contributed by atoms with Crippen molar-refractivity contribution in [2.75, 3.05) is 33.2 Å². The lowest BCUT2D eigenvalue weighted by atomic mass is 9.71. The molecule has 2 saturated heterocycles. The summed E-state index contributed by atoms with van der Waals surface area (Å²) >= 11 is 0. The standard InChI is InChI=1S/C19H25FN4O2/c1-13-4-5-15-21-16(17(20)24(15)10-13)18(26)23-8-3-7-19(12-23)11-22(2)9-6-14(19)25/h4-5,10,14,25H,3,6-9,11-12H2,1-2H3/t14-,19-/m0/s1. The molecule has 2 aliphatic rings. The molecule has 2 aromatic heterocycles. The van der Waals surface area contributed by atoms with Crippen molar-refractivity contribution in [3.8, 4) is 0 Å². The van der Waals surface area contributed by atoms with Gasteiger partial charge >= 0.3 is 0 Å². The number of pyridine rings is 1. The minimum atomic E-state index is -0.616. The van der Waals surface area contributed by atoms with Crippen molar-refractivity contribution >= 4 is 11.6 Å². The summed E-state index contributed by atoms with van der Waals surface area (Å²) in [6.07, 6.45) is 3.62. The van der Waals surface area contributed by atoms with Gasteiger partial charge in [-0.15, -0.1) is 0 Å². The molecule has 1 spiro atoms. The molecule has 0 radical (unpaired) electrons.